The van der Waals surface area contributed by atoms with Gasteiger partial charge in [-0.25, -0.2) is 9.97 Å². The van der Waals surface area contributed by atoms with Crippen molar-refractivity contribution in [1.29, 1.82) is 0 Å². The van der Waals surface area contributed by atoms with Crippen LogP contribution in [-0.2, 0) is 6.54 Å². The van der Waals surface area contributed by atoms with Crippen molar-refractivity contribution in [3.8, 4) is 5.88 Å². The summed E-state index contributed by atoms with van der Waals surface area (Å²) in [6, 6.07) is 4.09. The minimum Gasteiger partial charge on any atom is -0.470 e. The fourth-order valence-corrected chi connectivity index (χ4v) is 3.05. The van der Waals surface area contributed by atoms with Crippen molar-refractivity contribution < 1.29 is 4.74 Å². The third-order valence-corrected chi connectivity index (χ3v) is 4.20. The second kappa shape index (κ2) is 8.06. The number of pyridine rings is 1. The largest absolute Gasteiger partial charge is 0.470 e. The zero-order valence-corrected chi connectivity index (χ0v) is 14.4. The Bertz CT molecular complexity index is 636. The Hall–Kier alpha value is -2.21. The SMILES string of the molecule is CCCN(C)c1nccnc1OC1CCN(Cc2cccnc2)C1. The van der Waals surface area contributed by atoms with E-state index in [0.717, 1.165) is 44.8 Å². The van der Waals surface area contributed by atoms with Crippen LogP contribution in [0.25, 0.3) is 0 Å². The standard InChI is InChI=1S/C18H25N5O/c1-3-10-22(2)17-18(21-9-8-20-17)24-16-6-11-23(14-16)13-15-5-4-7-19-12-15/h4-5,7-9,12,16H,3,6,10-11,13-14H2,1-2H3. The number of nitrogens with zero attached hydrogens (tertiary/aromatic N) is 5. The summed E-state index contributed by atoms with van der Waals surface area (Å²) in [5, 5.41) is 0. The van der Waals surface area contributed by atoms with E-state index < -0.39 is 0 Å². The first kappa shape index (κ1) is 16.6. The summed E-state index contributed by atoms with van der Waals surface area (Å²) in [6.45, 7) is 5.94. The molecule has 6 heteroatoms. The van der Waals surface area contributed by atoms with Crippen molar-refractivity contribution in [2.75, 3.05) is 31.6 Å². The van der Waals surface area contributed by atoms with Gasteiger partial charge in [-0.05, 0) is 24.5 Å². The lowest BCUT2D eigenvalue weighted by Crippen LogP contribution is -2.26. The quantitative estimate of drug-likeness (QED) is 0.778. The smallest absolute Gasteiger partial charge is 0.257 e. The molecule has 0 amide bonds. The van der Waals surface area contributed by atoms with Gasteiger partial charge in [0.15, 0.2) is 5.82 Å². The van der Waals surface area contributed by atoms with Crippen LogP contribution in [0.5, 0.6) is 5.88 Å². The summed E-state index contributed by atoms with van der Waals surface area (Å²) in [7, 11) is 2.03. The summed E-state index contributed by atoms with van der Waals surface area (Å²) in [5.41, 5.74) is 1.24. The molecule has 0 spiro atoms. The van der Waals surface area contributed by atoms with Gasteiger partial charge < -0.3 is 9.64 Å². The van der Waals surface area contributed by atoms with Gasteiger partial charge >= 0.3 is 0 Å². The molecule has 1 unspecified atom stereocenters. The third-order valence-electron chi connectivity index (χ3n) is 4.20. The zero-order valence-electron chi connectivity index (χ0n) is 14.4. The molecule has 3 heterocycles. The molecule has 24 heavy (non-hydrogen) atoms. The maximum Gasteiger partial charge on any atom is 0.257 e. The molecule has 2 aromatic rings. The van der Waals surface area contributed by atoms with Gasteiger partial charge in [0.25, 0.3) is 5.88 Å². The summed E-state index contributed by atoms with van der Waals surface area (Å²) >= 11 is 0. The van der Waals surface area contributed by atoms with Crippen molar-refractivity contribution >= 4 is 5.82 Å². The highest BCUT2D eigenvalue weighted by Crippen LogP contribution is 2.25. The maximum absolute atomic E-state index is 6.17. The predicted molar refractivity (Wildman–Crippen MR) is 94.1 cm³/mol. The Morgan fingerprint density at radius 2 is 2.17 bits per heavy atom. The van der Waals surface area contributed by atoms with Crippen molar-refractivity contribution in [3.63, 3.8) is 0 Å². The second-order valence-electron chi connectivity index (χ2n) is 6.23. The van der Waals surface area contributed by atoms with E-state index in [4.69, 9.17) is 4.74 Å². The number of hydrogen-bond donors (Lipinski definition) is 0. The molecular weight excluding hydrogens is 302 g/mol. The van der Waals surface area contributed by atoms with Gasteiger partial charge in [-0.3, -0.25) is 9.88 Å². The van der Waals surface area contributed by atoms with Crippen molar-refractivity contribution in [2.24, 2.45) is 0 Å². The molecule has 6 nitrogen and oxygen atoms in total. The highest BCUT2D eigenvalue weighted by molar-refractivity contribution is 5.47. The minimum atomic E-state index is 0.159. The fourth-order valence-electron chi connectivity index (χ4n) is 3.05. The van der Waals surface area contributed by atoms with Gasteiger partial charge in [0.2, 0.25) is 0 Å². The van der Waals surface area contributed by atoms with Gasteiger partial charge in [-0.2, -0.15) is 0 Å². The maximum atomic E-state index is 6.17. The van der Waals surface area contributed by atoms with Crippen molar-refractivity contribution in [3.05, 3.63) is 42.5 Å². The lowest BCUT2D eigenvalue weighted by molar-refractivity contribution is 0.191. The van der Waals surface area contributed by atoms with Crippen LogP contribution in [0.1, 0.15) is 25.3 Å². The van der Waals surface area contributed by atoms with E-state index in [1.165, 1.54) is 5.56 Å². The van der Waals surface area contributed by atoms with E-state index in [9.17, 15) is 0 Å². The van der Waals surface area contributed by atoms with Gasteiger partial charge in [0.1, 0.15) is 6.10 Å². The van der Waals surface area contributed by atoms with Crippen LogP contribution < -0.4 is 9.64 Å². The summed E-state index contributed by atoms with van der Waals surface area (Å²) in [5.74, 6) is 1.46. The van der Waals surface area contributed by atoms with Crippen LogP contribution in [0, 0.1) is 0 Å². The topological polar surface area (TPSA) is 54.4 Å². The van der Waals surface area contributed by atoms with Crippen LogP contribution in [0.15, 0.2) is 36.9 Å². The number of likely N-dealkylation sites (tertiary alicyclic amines) is 1. The molecule has 0 radical (unpaired) electrons. The predicted octanol–water partition coefficient (Wildman–Crippen LogP) is 2.37. The van der Waals surface area contributed by atoms with Crippen molar-refractivity contribution in [2.45, 2.75) is 32.4 Å². The molecule has 1 aliphatic rings. The average molecular weight is 327 g/mol. The van der Waals surface area contributed by atoms with Crippen LogP contribution in [0.3, 0.4) is 0 Å². The lowest BCUT2D eigenvalue weighted by atomic mass is 10.3. The van der Waals surface area contributed by atoms with Gasteiger partial charge in [0.05, 0.1) is 0 Å². The Labute approximate surface area is 143 Å². The number of aromatic nitrogens is 3. The van der Waals surface area contributed by atoms with E-state index in [2.05, 4.69) is 37.7 Å². The lowest BCUT2D eigenvalue weighted by Gasteiger charge is -2.21. The third kappa shape index (κ3) is 4.20. The fraction of sp³-hybridized carbons (Fsp3) is 0.500. The van der Waals surface area contributed by atoms with E-state index in [1.54, 1.807) is 12.4 Å². The average Bonchev–Trinajstić information content (AvgIpc) is 3.03. The van der Waals surface area contributed by atoms with E-state index in [-0.39, 0.29) is 6.10 Å². The van der Waals surface area contributed by atoms with Crippen LogP contribution in [-0.4, -0.2) is 52.6 Å². The molecule has 1 fully saturated rings. The first-order valence-electron chi connectivity index (χ1n) is 8.56. The van der Waals surface area contributed by atoms with Gasteiger partial charge in [0, 0.05) is 58.0 Å². The number of rotatable bonds is 7. The highest BCUT2D eigenvalue weighted by atomic mass is 16.5. The summed E-state index contributed by atoms with van der Waals surface area (Å²) in [4.78, 5) is 17.5. The molecule has 3 rings (SSSR count). The number of ether oxygens (including phenoxy) is 1. The van der Waals surface area contributed by atoms with Crippen LogP contribution >= 0.6 is 0 Å². The number of anilines is 1. The van der Waals surface area contributed by atoms with E-state index in [1.807, 2.05) is 25.5 Å². The Kier molecular flexibility index (Phi) is 5.59. The normalized spacial score (nSPS) is 17.8. The summed E-state index contributed by atoms with van der Waals surface area (Å²) in [6.07, 6.45) is 9.38. The van der Waals surface area contributed by atoms with E-state index >= 15 is 0 Å². The highest BCUT2D eigenvalue weighted by Gasteiger charge is 2.26. The molecular formula is C18H25N5O. The summed E-state index contributed by atoms with van der Waals surface area (Å²) < 4.78 is 6.17. The van der Waals surface area contributed by atoms with Crippen LogP contribution in [0.2, 0.25) is 0 Å². The molecule has 2 aromatic heterocycles. The molecule has 128 valence electrons. The van der Waals surface area contributed by atoms with Gasteiger partial charge in [-0.15, -0.1) is 0 Å². The van der Waals surface area contributed by atoms with Crippen LogP contribution in [0.4, 0.5) is 5.82 Å². The van der Waals surface area contributed by atoms with Gasteiger partial charge in [-0.1, -0.05) is 13.0 Å². The van der Waals surface area contributed by atoms with E-state index in [0.29, 0.717) is 5.88 Å². The molecule has 0 bridgehead atoms. The first-order chi connectivity index (χ1) is 11.8. The minimum absolute atomic E-state index is 0.159. The molecule has 1 aliphatic heterocycles. The Morgan fingerprint density at radius 3 is 2.96 bits per heavy atom. The second-order valence-corrected chi connectivity index (χ2v) is 6.23. The molecule has 1 saturated heterocycles. The molecule has 1 atom stereocenters. The zero-order chi connectivity index (χ0) is 16.8. The molecule has 0 N–H and O–H groups in total. The monoisotopic (exact) mass is 327 g/mol. The Balaban J connectivity index is 1.59. The molecule has 0 saturated carbocycles. The molecule has 0 aliphatic carbocycles. The Morgan fingerprint density at radius 1 is 1.29 bits per heavy atom. The molecule has 0 aromatic carbocycles. The van der Waals surface area contributed by atoms with Crippen molar-refractivity contribution in [1.82, 2.24) is 19.9 Å². The first-order valence-corrected chi connectivity index (χ1v) is 8.56. The number of hydrogen-bond acceptors (Lipinski definition) is 6.